The second-order valence-electron chi connectivity index (χ2n) is 6.80. The van der Waals surface area contributed by atoms with Gasteiger partial charge in [0, 0.05) is 24.4 Å². The molecule has 0 amide bonds. The van der Waals surface area contributed by atoms with E-state index in [2.05, 4.69) is 4.98 Å². The molecular weight excluding hydrogens is 359 g/mol. The SMILES string of the molecule is CC(=O)SCC(=Cc1cc(C#N)cnc1Cl)B1OC(C)(C)C(C)(C)O1. The van der Waals surface area contributed by atoms with Crippen molar-refractivity contribution in [1.29, 1.82) is 5.26 Å². The van der Waals surface area contributed by atoms with Crippen LogP contribution in [0.2, 0.25) is 5.15 Å². The van der Waals surface area contributed by atoms with Gasteiger partial charge in [-0.15, -0.1) is 0 Å². The molecular formula is C17H20BClN2O3S. The first kappa shape index (κ1) is 20.0. The zero-order valence-corrected chi connectivity index (χ0v) is 16.5. The minimum absolute atomic E-state index is 0.00239. The fourth-order valence-electron chi connectivity index (χ4n) is 2.18. The maximum atomic E-state index is 11.4. The predicted octanol–water partition coefficient (Wildman–Crippen LogP) is 3.90. The monoisotopic (exact) mass is 378 g/mol. The molecule has 1 fully saturated rings. The van der Waals surface area contributed by atoms with Gasteiger partial charge >= 0.3 is 7.12 Å². The van der Waals surface area contributed by atoms with Gasteiger partial charge in [0.1, 0.15) is 11.2 Å². The van der Waals surface area contributed by atoms with E-state index in [1.165, 1.54) is 24.9 Å². The van der Waals surface area contributed by atoms with Crippen LogP contribution in [0.5, 0.6) is 0 Å². The van der Waals surface area contributed by atoms with Crippen molar-refractivity contribution in [3.8, 4) is 6.07 Å². The van der Waals surface area contributed by atoms with Crippen LogP contribution >= 0.6 is 23.4 Å². The number of carbonyl (C=O) groups is 1. The Labute approximate surface area is 157 Å². The van der Waals surface area contributed by atoms with Gasteiger partial charge in [-0.05, 0) is 39.2 Å². The molecule has 1 aliphatic heterocycles. The molecule has 0 bridgehead atoms. The molecule has 5 nitrogen and oxygen atoms in total. The van der Waals surface area contributed by atoms with E-state index in [-0.39, 0.29) is 10.3 Å². The molecule has 0 unspecified atom stereocenters. The van der Waals surface area contributed by atoms with Crippen LogP contribution in [0.25, 0.3) is 6.08 Å². The van der Waals surface area contributed by atoms with Crippen molar-refractivity contribution in [3.63, 3.8) is 0 Å². The number of rotatable bonds is 4. The molecule has 1 aromatic rings. The van der Waals surface area contributed by atoms with E-state index < -0.39 is 18.3 Å². The minimum Gasteiger partial charge on any atom is -0.400 e. The first-order valence-electron chi connectivity index (χ1n) is 7.81. The van der Waals surface area contributed by atoms with Gasteiger partial charge in [0.05, 0.1) is 16.8 Å². The number of nitriles is 1. The van der Waals surface area contributed by atoms with Crippen LogP contribution in [0.4, 0.5) is 0 Å². The molecule has 1 aromatic heterocycles. The van der Waals surface area contributed by atoms with Crippen LogP contribution in [0, 0.1) is 11.3 Å². The van der Waals surface area contributed by atoms with Crippen molar-refractivity contribution in [2.24, 2.45) is 0 Å². The number of pyridine rings is 1. The molecule has 0 N–H and O–H groups in total. The zero-order chi connectivity index (χ0) is 18.8. The van der Waals surface area contributed by atoms with Gasteiger partial charge in [-0.2, -0.15) is 5.26 Å². The van der Waals surface area contributed by atoms with Crippen molar-refractivity contribution in [1.82, 2.24) is 4.98 Å². The highest BCUT2D eigenvalue weighted by atomic mass is 35.5. The van der Waals surface area contributed by atoms with Gasteiger partial charge in [0.2, 0.25) is 0 Å². The average molecular weight is 379 g/mol. The second-order valence-corrected chi connectivity index (χ2v) is 8.31. The summed E-state index contributed by atoms with van der Waals surface area (Å²) in [5.41, 5.74) is 0.776. The topological polar surface area (TPSA) is 72.2 Å². The summed E-state index contributed by atoms with van der Waals surface area (Å²) in [6.45, 7) is 9.37. The standard InChI is InChI=1S/C17H20BClN2O3S/c1-11(22)25-10-14(18-23-16(2,3)17(4,5)24-18)7-13-6-12(8-20)9-21-15(13)19/h6-7,9H,10H2,1-5H3. The normalized spacial score (nSPS) is 18.9. The summed E-state index contributed by atoms with van der Waals surface area (Å²) < 4.78 is 12.2. The summed E-state index contributed by atoms with van der Waals surface area (Å²) in [5.74, 6) is 0.402. The van der Waals surface area contributed by atoms with Gasteiger partial charge in [-0.1, -0.05) is 29.4 Å². The third-order valence-corrected chi connectivity index (χ3v) is 5.53. The third kappa shape index (κ3) is 4.65. The summed E-state index contributed by atoms with van der Waals surface area (Å²) in [7, 11) is -0.598. The first-order chi connectivity index (χ1) is 11.6. The zero-order valence-electron chi connectivity index (χ0n) is 14.9. The van der Waals surface area contributed by atoms with E-state index >= 15 is 0 Å². The summed E-state index contributed by atoms with van der Waals surface area (Å²) in [6.07, 6.45) is 3.20. The number of nitrogens with zero attached hydrogens (tertiary/aromatic N) is 2. The highest BCUT2D eigenvalue weighted by Gasteiger charge is 2.52. The minimum atomic E-state index is -0.598. The molecule has 0 aliphatic carbocycles. The predicted molar refractivity (Wildman–Crippen MR) is 101 cm³/mol. The van der Waals surface area contributed by atoms with E-state index in [9.17, 15) is 4.79 Å². The Morgan fingerprint density at radius 3 is 2.52 bits per heavy atom. The average Bonchev–Trinajstić information content (AvgIpc) is 2.73. The van der Waals surface area contributed by atoms with Crippen molar-refractivity contribution in [2.75, 3.05) is 5.75 Å². The summed E-state index contributed by atoms with van der Waals surface area (Å²) in [4.78, 5) is 15.4. The lowest BCUT2D eigenvalue weighted by Crippen LogP contribution is -2.41. The maximum absolute atomic E-state index is 11.4. The molecule has 1 saturated heterocycles. The van der Waals surface area contributed by atoms with Gasteiger partial charge in [-0.25, -0.2) is 4.98 Å². The van der Waals surface area contributed by atoms with E-state index in [0.717, 1.165) is 5.47 Å². The van der Waals surface area contributed by atoms with Gasteiger partial charge in [0.15, 0.2) is 5.12 Å². The molecule has 0 spiro atoms. The number of halogens is 1. The summed E-state index contributed by atoms with van der Waals surface area (Å²) in [6, 6.07) is 3.69. The van der Waals surface area contributed by atoms with Crippen molar-refractivity contribution < 1.29 is 14.1 Å². The van der Waals surface area contributed by atoms with E-state index in [0.29, 0.717) is 16.9 Å². The summed E-state index contributed by atoms with van der Waals surface area (Å²) >= 11 is 7.32. The van der Waals surface area contributed by atoms with Crippen LogP contribution in [-0.2, 0) is 14.1 Å². The Morgan fingerprint density at radius 1 is 1.40 bits per heavy atom. The molecule has 2 rings (SSSR count). The van der Waals surface area contributed by atoms with Crippen LogP contribution in [0.3, 0.4) is 0 Å². The smallest absolute Gasteiger partial charge is 0.400 e. The van der Waals surface area contributed by atoms with Crippen LogP contribution in [0.15, 0.2) is 17.7 Å². The Balaban J connectivity index is 2.40. The van der Waals surface area contributed by atoms with Crippen LogP contribution < -0.4 is 0 Å². The van der Waals surface area contributed by atoms with E-state index in [1.54, 1.807) is 12.1 Å². The fraction of sp³-hybridized carbons (Fsp3) is 0.471. The molecule has 0 atom stereocenters. The lowest BCUT2D eigenvalue weighted by molar-refractivity contribution is -0.109. The number of hydrogen-bond acceptors (Lipinski definition) is 6. The number of thioether (sulfide) groups is 1. The highest BCUT2D eigenvalue weighted by molar-refractivity contribution is 8.13. The maximum Gasteiger partial charge on any atom is 0.491 e. The second kappa shape index (κ2) is 7.51. The lowest BCUT2D eigenvalue weighted by atomic mass is 9.78. The Morgan fingerprint density at radius 2 is 2.00 bits per heavy atom. The number of aromatic nitrogens is 1. The Kier molecular flexibility index (Phi) is 6.00. The summed E-state index contributed by atoms with van der Waals surface area (Å²) in [5, 5.41) is 9.34. The quantitative estimate of drug-likeness (QED) is 0.584. The lowest BCUT2D eigenvalue weighted by Gasteiger charge is -2.32. The molecule has 25 heavy (non-hydrogen) atoms. The number of hydrogen-bond donors (Lipinski definition) is 0. The van der Waals surface area contributed by atoms with Crippen molar-refractivity contribution in [3.05, 3.63) is 34.0 Å². The van der Waals surface area contributed by atoms with Crippen molar-refractivity contribution >= 4 is 41.7 Å². The van der Waals surface area contributed by atoms with Crippen LogP contribution in [0.1, 0.15) is 45.7 Å². The molecule has 2 heterocycles. The Hall–Kier alpha value is -1.33. The highest BCUT2D eigenvalue weighted by Crippen LogP contribution is 2.39. The Bertz CT molecular complexity index is 743. The first-order valence-corrected chi connectivity index (χ1v) is 9.17. The van der Waals surface area contributed by atoms with E-state index in [4.69, 9.17) is 26.2 Å². The van der Waals surface area contributed by atoms with Gasteiger partial charge in [0.25, 0.3) is 0 Å². The van der Waals surface area contributed by atoms with Crippen LogP contribution in [-0.4, -0.2) is 34.2 Å². The van der Waals surface area contributed by atoms with Gasteiger partial charge in [-0.3, -0.25) is 4.79 Å². The van der Waals surface area contributed by atoms with E-state index in [1.807, 2.05) is 33.8 Å². The van der Waals surface area contributed by atoms with Crippen molar-refractivity contribution in [2.45, 2.75) is 45.8 Å². The largest absolute Gasteiger partial charge is 0.491 e. The molecule has 0 saturated carbocycles. The van der Waals surface area contributed by atoms with Gasteiger partial charge < -0.3 is 9.31 Å². The molecule has 0 aromatic carbocycles. The molecule has 1 aliphatic rings. The molecule has 132 valence electrons. The number of carbonyl (C=O) groups excluding carboxylic acids is 1. The molecule has 8 heteroatoms. The third-order valence-electron chi connectivity index (χ3n) is 4.33. The molecule has 0 radical (unpaired) electrons. The fourth-order valence-corrected chi connectivity index (χ4v) is 2.93.